The van der Waals surface area contributed by atoms with Crippen LogP contribution in [0.1, 0.15) is 50.8 Å². The van der Waals surface area contributed by atoms with Crippen molar-refractivity contribution in [2.75, 3.05) is 19.8 Å². The van der Waals surface area contributed by atoms with Crippen LogP contribution in [0, 0.1) is 0 Å². The number of hydrogen-bond acceptors (Lipinski definition) is 2. The zero-order valence-corrected chi connectivity index (χ0v) is 12.0. The second-order valence-corrected chi connectivity index (χ2v) is 4.54. The first-order valence-electron chi connectivity index (χ1n) is 7.21. The molecule has 0 heterocycles. The van der Waals surface area contributed by atoms with Gasteiger partial charge < -0.3 is 10.1 Å². The molecule has 0 aromatic heterocycles. The Bertz CT molecular complexity index is 307. The summed E-state index contributed by atoms with van der Waals surface area (Å²) in [6, 6.07) is 9.45. The molecule has 0 amide bonds. The quantitative estimate of drug-likeness (QED) is 0.674. The Labute approximate surface area is 112 Å². The summed E-state index contributed by atoms with van der Waals surface area (Å²) in [5, 5.41) is 3.56. The molecule has 1 rings (SSSR count). The molecular weight excluding hydrogens is 222 g/mol. The molecule has 0 radical (unpaired) electrons. The molecule has 102 valence electrons. The highest BCUT2D eigenvalue weighted by atomic mass is 16.5. The summed E-state index contributed by atoms with van der Waals surface area (Å²) in [5.41, 5.74) is 2.80. The molecule has 0 spiro atoms. The van der Waals surface area contributed by atoms with Crippen LogP contribution in [0.4, 0.5) is 0 Å². The minimum atomic E-state index is 0.460. The van der Waals surface area contributed by atoms with Gasteiger partial charge in [-0.3, -0.25) is 0 Å². The molecule has 1 atom stereocenters. The second kappa shape index (κ2) is 9.12. The Hall–Kier alpha value is -0.860. The average molecular weight is 249 g/mol. The Kier molecular flexibility index (Phi) is 7.70. The molecule has 0 fully saturated rings. The zero-order valence-electron chi connectivity index (χ0n) is 12.0. The number of benzene rings is 1. The molecule has 1 N–H and O–H groups in total. The SMILES string of the molecule is CCNC(CCCOCC)c1ccc(CC)cc1. The van der Waals surface area contributed by atoms with Crippen LogP contribution >= 0.6 is 0 Å². The smallest absolute Gasteiger partial charge is 0.0466 e. The van der Waals surface area contributed by atoms with Crippen LogP contribution in [-0.2, 0) is 11.2 Å². The third kappa shape index (κ3) is 5.19. The van der Waals surface area contributed by atoms with Crippen molar-refractivity contribution < 1.29 is 4.74 Å². The van der Waals surface area contributed by atoms with E-state index in [2.05, 4.69) is 43.4 Å². The van der Waals surface area contributed by atoms with Crippen LogP contribution < -0.4 is 5.32 Å². The summed E-state index contributed by atoms with van der Waals surface area (Å²) < 4.78 is 5.41. The number of hydrogen-bond donors (Lipinski definition) is 1. The van der Waals surface area contributed by atoms with E-state index >= 15 is 0 Å². The lowest BCUT2D eigenvalue weighted by Gasteiger charge is -2.18. The maximum Gasteiger partial charge on any atom is 0.0466 e. The topological polar surface area (TPSA) is 21.3 Å². The van der Waals surface area contributed by atoms with Gasteiger partial charge in [-0.15, -0.1) is 0 Å². The van der Waals surface area contributed by atoms with Crippen molar-refractivity contribution in [1.29, 1.82) is 0 Å². The van der Waals surface area contributed by atoms with Gasteiger partial charge in [0.2, 0.25) is 0 Å². The van der Waals surface area contributed by atoms with Crippen LogP contribution in [0.3, 0.4) is 0 Å². The van der Waals surface area contributed by atoms with Gasteiger partial charge in [0.15, 0.2) is 0 Å². The Morgan fingerprint density at radius 2 is 1.83 bits per heavy atom. The minimum Gasteiger partial charge on any atom is -0.382 e. The molecule has 18 heavy (non-hydrogen) atoms. The van der Waals surface area contributed by atoms with E-state index < -0.39 is 0 Å². The van der Waals surface area contributed by atoms with E-state index in [-0.39, 0.29) is 0 Å². The maximum absolute atomic E-state index is 5.41. The van der Waals surface area contributed by atoms with Crippen molar-refractivity contribution in [3.8, 4) is 0 Å². The molecule has 0 aliphatic rings. The Morgan fingerprint density at radius 1 is 1.11 bits per heavy atom. The van der Waals surface area contributed by atoms with Gasteiger partial charge in [0, 0.05) is 19.3 Å². The molecule has 0 saturated carbocycles. The molecule has 0 bridgehead atoms. The van der Waals surface area contributed by atoms with E-state index in [4.69, 9.17) is 4.74 Å². The van der Waals surface area contributed by atoms with E-state index in [1.54, 1.807) is 0 Å². The maximum atomic E-state index is 5.41. The van der Waals surface area contributed by atoms with Crippen molar-refractivity contribution >= 4 is 0 Å². The Balaban J connectivity index is 2.53. The highest BCUT2D eigenvalue weighted by Gasteiger charge is 2.09. The van der Waals surface area contributed by atoms with Crippen molar-refractivity contribution in [2.45, 2.75) is 46.1 Å². The van der Waals surface area contributed by atoms with Gasteiger partial charge in [-0.1, -0.05) is 38.1 Å². The molecular formula is C16H27NO. The summed E-state index contributed by atoms with van der Waals surface area (Å²) >= 11 is 0. The summed E-state index contributed by atoms with van der Waals surface area (Å²) in [6.07, 6.45) is 3.36. The van der Waals surface area contributed by atoms with Gasteiger partial charge in [-0.25, -0.2) is 0 Å². The number of rotatable bonds is 9. The number of aryl methyl sites for hydroxylation is 1. The third-order valence-corrected chi connectivity index (χ3v) is 3.23. The van der Waals surface area contributed by atoms with Crippen molar-refractivity contribution in [3.05, 3.63) is 35.4 Å². The minimum absolute atomic E-state index is 0.460. The van der Waals surface area contributed by atoms with E-state index in [0.29, 0.717) is 6.04 Å². The summed E-state index contributed by atoms with van der Waals surface area (Å²) in [7, 11) is 0. The van der Waals surface area contributed by atoms with E-state index in [9.17, 15) is 0 Å². The molecule has 0 aliphatic heterocycles. The summed E-state index contributed by atoms with van der Waals surface area (Å²) in [5.74, 6) is 0. The largest absolute Gasteiger partial charge is 0.382 e. The van der Waals surface area contributed by atoms with Crippen LogP contribution in [0.2, 0.25) is 0 Å². The summed E-state index contributed by atoms with van der Waals surface area (Å²) in [4.78, 5) is 0. The first-order valence-corrected chi connectivity index (χ1v) is 7.21. The highest BCUT2D eigenvalue weighted by Crippen LogP contribution is 2.19. The van der Waals surface area contributed by atoms with E-state index in [0.717, 1.165) is 39.0 Å². The van der Waals surface area contributed by atoms with E-state index in [1.165, 1.54) is 11.1 Å². The molecule has 2 heteroatoms. The second-order valence-electron chi connectivity index (χ2n) is 4.54. The molecule has 0 aliphatic carbocycles. The van der Waals surface area contributed by atoms with Crippen LogP contribution in [0.5, 0.6) is 0 Å². The molecule has 1 aromatic rings. The standard InChI is InChI=1S/C16H27NO/c1-4-14-9-11-15(12-10-14)16(17-5-2)8-7-13-18-6-3/h9-12,16-17H,4-8,13H2,1-3H3. The normalized spacial score (nSPS) is 12.6. The fraction of sp³-hybridized carbons (Fsp3) is 0.625. The Morgan fingerprint density at radius 3 is 2.39 bits per heavy atom. The summed E-state index contributed by atoms with van der Waals surface area (Å²) in [6.45, 7) is 9.09. The van der Waals surface area contributed by atoms with Gasteiger partial charge in [-0.2, -0.15) is 0 Å². The van der Waals surface area contributed by atoms with Crippen LogP contribution in [-0.4, -0.2) is 19.8 Å². The number of ether oxygens (including phenoxy) is 1. The molecule has 1 aromatic carbocycles. The van der Waals surface area contributed by atoms with Crippen LogP contribution in [0.15, 0.2) is 24.3 Å². The molecule has 1 unspecified atom stereocenters. The van der Waals surface area contributed by atoms with Gasteiger partial charge in [-0.05, 0) is 43.9 Å². The monoisotopic (exact) mass is 249 g/mol. The zero-order chi connectivity index (χ0) is 13.2. The first-order chi connectivity index (χ1) is 8.81. The fourth-order valence-electron chi connectivity index (χ4n) is 2.15. The van der Waals surface area contributed by atoms with E-state index in [1.807, 2.05) is 6.92 Å². The fourth-order valence-corrected chi connectivity index (χ4v) is 2.15. The first kappa shape index (κ1) is 15.2. The molecule has 0 saturated heterocycles. The lowest BCUT2D eigenvalue weighted by molar-refractivity contribution is 0.141. The van der Waals surface area contributed by atoms with Crippen molar-refractivity contribution in [2.24, 2.45) is 0 Å². The van der Waals surface area contributed by atoms with Gasteiger partial charge in [0.25, 0.3) is 0 Å². The van der Waals surface area contributed by atoms with Gasteiger partial charge in [0.1, 0.15) is 0 Å². The predicted molar refractivity (Wildman–Crippen MR) is 78.0 cm³/mol. The molecule has 2 nitrogen and oxygen atoms in total. The predicted octanol–water partition coefficient (Wildman–Crippen LogP) is 3.72. The lowest BCUT2D eigenvalue weighted by Crippen LogP contribution is -2.21. The average Bonchev–Trinajstić information content (AvgIpc) is 2.42. The number of nitrogens with one attached hydrogen (secondary N) is 1. The van der Waals surface area contributed by atoms with Gasteiger partial charge in [0.05, 0.1) is 0 Å². The van der Waals surface area contributed by atoms with Crippen LogP contribution in [0.25, 0.3) is 0 Å². The van der Waals surface area contributed by atoms with Crippen molar-refractivity contribution in [3.63, 3.8) is 0 Å². The van der Waals surface area contributed by atoms with Gasteiger partial charge >= 0.3 is 0 Å². The third-order valence-electron chi connectivity index (χ3n) is 3.23. The van der Waals surface area contributed by atoms with Crippen molar-refractivity contribution in [1.82, 2.24) is 5.32 Å². The highest BCUT2D eigenvalue weighted by molar-refractivity contribution is 5.25. The lowest BCUT2D eigenvalue weighted by atomic mass is 10.00.